The molecular formula is C30H55N3O7. The molecule has 232 valence electrons. The van der Waals surface area contributed by atoms with Gasteiger partial charge < -0.3 is 26.2 Å². The highest BCUT2D eigenvalue weighted by atomic mass is 16.3. The molecule has 0 radical (unpaired) electrons. The number of carbonyl (C=O) groups excluding carboxylic acids is 5. The van der Waals surface area contributed by atoms with Crippen LogP contribution in [0.2, 0.25) is 0 Å². The zero-order valence-corrected chi connectivity index (χ0v) is 25.1. The van der Waals surface area contributed by atoms with Gasteiger partial charge in [-0.2, -0.15) is 0 Å². The molecule has 10 nitrogen and oxygen atoms in total. The molecule has 0 aromatic heterocycles. The van der Waals surface area contributed by atoms with Crippen molar-refractivity contribution in [1.82, 2.24) is 16.0 Å². The molecule has 3 amide bonds. The molecule has 0 spiro atoms. The molecule has 0 aliphatic rings. The van der Waals surface area contributed by atoms with Crippen LogP contribution in [0.3, 0.4) is 0 Å². The summed E-state index contributed by atoms with van der Waals surface area (Å²) in [5, 5.41) is 26.5. The van der Waals surface area contributed by atoms with Crippen LogP contribution in [0.1, 0.15) is 117 Å². The van der Waals surface area contributed by atoms with E-state index in [9.17, 15) is 34.2 Å². The van der Waals surface area contributed by atoms with E-state index in [1.54, 1.807) is 0 Å². The Balaban J connectivity index is 4.01. The Labute approximate surface area is 240 Å². The number of carbonyl (C=O) groups is 5. The lowest BCUT2D eigenvalue weighted by Gasteiger charge is -2.18. The fraction of sp³-hybridized carbons (Fsp3) is 0.833. The minimum absolute atomic E-state index is 0.212. The van der Waals surface area contributed by atoms with Crippen LogP contribution in [0, 0.1) is 11.8 Å². The van der Waals surface area contributed by atoms with E-state index in [4.69, 9.17) is 0 Å². The smallest absolute Gasteiger partial charge is 0.226 e. The number of rotatable bonds is 26. The molecular weight excluding hydrogens is 514 g/mol. The summed E-state index contributed by atoms with van der Waals surface area (Å²) in [7, 11) is 1.40. The van der Waals surface area contributed by atoms with Crippen molar-refractivity contribution in [1.29, 1.82) is 0 Å². The van der Waals surface area contributed by atoms with Crippen LogP contribution in [0.15, 0.2) is 0 Å². The van der Waals surface area contributed by atoms with E-state index in [0.717, 1.165) is 19.3 Å². The van der Waals surface area contributed by atoms with Gasteiger partial charge >= 0.3 is 0 Å². The topological polar surface area (TPSA) is 162 Å². The molecule has 0 aromatic carbocycles. The standard InChI is InChI=1S/C30H55N3O7/c1-4-5-6-7-8-9-10-11-12-13-14-15-16-17-28(38)32-20-25(36)18-24(22-34)29(39)33-21-26(37)19-27(23(2)35)30(40)31-3/h23-24,27,34-35H,4-22H2,1-3H3,(H,31,40)(H,32,38)(H,33,39)/t23-,24+,27+/m1/s1. The lowest BCUT2D eigenvalue weighted by atomic mass is 9.96. The largest absolute Gasteiger partial charge is 0.396 e. The van der Waals surface area contributed by atoms with Gasteiger partial charge in [-0.1, -0.05) is 84.0 Å². The number of nitrogens with one attached hydrogen (secondary N) is 3. The van der Waals surface area contributed by atoms with Crippen molar-refractivity contribution in [2.45, 2.75) is 123 Å². The zero-order valence-electron chi connectivity index (χ0n) is 25.1. The molecule has 0 bridgehead atoms. The SMILES string of the molecule is CCCCCCCCCCCCCCCC(=O)NCC(=O)C[C@@H](CO)C(=O)NCC(=O)C[C@H](C(=O)NC)[C@@H](C)O. The third kappa shape index (κ3) is 19.7. The summed E-state index contributed by atoms with van der Waals surface area (Å²) in [6.07, 6.45) is 14.7. The van der Waals surface area contributed by atoms with Gasteiger partial charge in [-0.15, -0.1) is 0 Å². The van der Waals surface area contributed by atoms with Gasteiger partial charge in [-0.25, -0.2) is 0 Å². The average molecular weight is 570 g/mol. The van der Waals surface area contributed by atoms with E-state index < -0.39 is 47.9 Å². The maximum Gasteiger partial charge on any atom is 0.226 e. The number of aliphatic hydroxyl groups is 2. The first kappa shape index (κ1) is 37.7. The lowest BCUT2D eigenvalue weighted by Crippen LogP contribution is -2.41. The van der Waals surface area contributed by atoms with Crippen LogP contribution >= 0.6 is 0 Å². The molecule has 0 rings (SSSR count). The summed E-state index contributed by atoms with van der Waals surface area (Å²) < 4.78 is 0. The summed E-state index contributed by atoms with van der Waals surface area (Å²) in [5.41, 5.74) is 0. The maximum absolute atomic E-state index is 12.3. The van der Waals surface area contributed by atoms with Crippen molar-refractivity contribution in [2.24, 2.45) is 11.8 Å². The maximum atomic E-state index is 12.3. The van der Waals surface area contributed by atoms with E-state index in [2.05, 4.69) is 22.9 Å². The molecule has 0 aliphatic carbocycles. The van der Waals surface area contributed by atoms with Crippen LogP contribution in [-0.2, 0) is 24.0 Å². The van der Waals surface area contributed by atoms with Gasteiger partial charge in [0.2, 0.25) is 17.7 Å². The van der Waals surface area contributed by atoms with Gasteiger partial charge in [0.05, 0.1) is 37.6 Å². The summed E-state index contributed by atoms with van der Waals surface area (Å²) in [6, 6.07) is 0. The molecule has 0 unspecified atom stereocenters. The highest BCUT2D eigenvalue weighted by Gasteiger charge is 2.27. The van der Waals surface area contributed by atoms with Crippen molar-refractivity contribution in [3.8, 4) is 0 Å². The molecule has 40 heavy (non-hydrogen) atoms. The summed E-state index contributed by atoms with van der Waals surface area (Å²) in [4.78, 5) is 60.5. The van der Waals surface area contributed by atoms with Crippen LogP contribution < -0.4 is 16.0 Å². The van der Waals surface area contributed by atoms with Gasteiger partial charge in [0.25, 0.3) is 0 Å². The summed E-state index contributed by atoms with van der Waals surface area (Å²) >= 11 is 0. The van der Waals surface area contributed by atoms with E-state index in [1.165, 1.54) is 78.2 Å². The molecule has 5 N–H and O–H groups in total. The van der Waals surface area contributed by atoms with Gasteiger partial charge in [0.15, 0.2) is 11.6 Å². The lowest BCUT2D eigenvalue weighted by molar-refractivity contribution is -0.134. The first-order valence-corrected chi connectivity index (χ1v) is 15.2. The second-order valence-electron chi connectivity index (χ2n) is 10.8. The van der Waals surface area contributed by atoms with Gasteiger partial charge in [0, 0.05) is 26.3 Å². The van der Waals surface area contributed by atoms with Crippen molar-refractivity contribution in [2.75, 3.05) is 26.7 Å². The Hall–Kier alpha value is -2.33. The van der Waals surface area contributed by atoms with Crippen molar-refractivity contribution >= 4 is 29.3 Å². The molecule has 3 atom stereocenters. The molecule has 10 heteroatoms. The minimum atomic E-state index is -1.05. The van der Waals surface area contributed by atoms with Crippen LogP contribution in [-0.4, -0.2) is 72.3 Å². The first-order chi connectivity index (χ1) is 19.2. The molecule has 0 aliphatic heterocycles. The predicted octanol–water partition coefficient (Wildman–Crippen LogP) is 2.97. The van der Waals surface area contributed by atoms with E-state index in [-0.39, 0.29) is 31.8 Å². The quantitative estimate of drug-likeness (QED) is 0.100. The second kappa shape index (κ2) is 24.5. The van der Waals surface area contributed by atoms with E-state index in [1.807, 2.05) is 0 Å². The number of ketones is 2. The van der Waals surface area contributed by atoms with Crippen molar-refractivity contribution in [3.05, 3.63) is 0 Å². The normalized spacial score (nSPS) is 13.2. The number of unbranched alkanes of at least 4 members (excludes halogenated alkanes) is 12. The Morgan fingerprint density at radius 3 is 1.62 bits per heavy atom. The number of Topliss-reactive ketones (excluding diaryl/α,β-unsaturated/α-hetero) is 2. The van der Waals surface area contributed by atoms with Crippen molar-refractivity contribution in [3.63, 3.8) is 0 Å². The van der Waals surface area contributed by atoms with E-state index >= 15 is 0 Å². The van der Waals surface area contributed by atoms with Crippen LogP contribution in [0.25, 0.3) is 0 Å². The molecule has 0 aromatic rings. The van der Waals surface area contributed by atoms with Gasteiger partial charge in [0.1, 0.15) is 0 Å². The zero-order chi connectivity index (χ0) is 30.2. The van der Waals surface area contributed by atoms with E-state index in [0.29, 0.717) is 6.42 Å². The highest BCUT2D eigenvalue weighted by Crippen LogP contribution is 2.13. The molecule has 0 saturated carbocycles. The number of hydrogen-bond acceptors (Lipinski definition) is 7. The van der Waals surface area contributed by atoms with Crippen LogP contribution in [0.5, 0.6) is 0 Å². The molecule has 0 heterocycles. The predicted molar refractivity (Wildman–Crippen MR) is 155 cm³/mol. The number of hydrogen-bond donors (Lipinski definition) is 5. The third-order valence-electron chi connectivity index (χ3n) is 7.13. The third-order valence-corrected chi connectivity index (χ3v) is 7.13. The Morgan fingerprint density at radius 1 is 0.675 bits per heavy atom. The first-order valence-electron chi connectivity index (χ1n) is 15.2. The van der Waals surface area contributed by atoms with Crippen LogP contribution in [0.4, 0.5) is 0 Å². The number of aliphatic hydroxyl groups excluding tert-OH is 2. The average Bonchev–Trinajstić information content (AvgIpc) is 2.93. The summed E-state index contributed by atoms with van der Waals surface area (Å²) in [5.74, 6) is -4.21. The van der Waals surface area contributed by atoms with Gasteiger partial charge in [-0.3, -0.25) is 24.0 Å². The fourth-order valence-corrected chi connectivity index (χ4v) is 4.49. The highest BCUT2D eigenvalue weighted by molar-refractivity contribution is 5.93. The Morgan fingerprint density at radius 2 is 1.15 bits per heavy atom. The monoisotopic (exact) mass is 569 g/mol. The minimum Gasteiger partial charge on any atom is -0.396 e. The summed E-state index contributed by atoms with van der Waals surface area (Å²) in [6.45, 7) is 2.44. The number of amides is 3. The molecule has 0 fully saturated rings. The van der Waals surface area contributed by atoms with Crippen molar-refractivity contribution < 1.29 is 34.2 Å². The fourth-order valence-electron chi connectivity index (χ4n) is 4.49. The Bertz CT molecular complexity index is 743. The molecule has 0 saturated heterocycles. The Kier molecular flexibility index (Phi) is 23.0. The second-order valence-corrected chi connectivity index (χ2v) is 10.8. The van der Waals surface area contributed by atoms with Gasteiger partial charge in [-0.05, 0) is 13.3 Å².